The number of rotatable bonds is 0. The van der Waals surface area contributed by atoms with Gasteiger partial charge in [-0.05, 0) is 13.0 Å². The first-order valence-corrected chi connectivity index (χ1v) is 3.10. The number of nitriles is 1. The van der Waals surface area contributed by atoms with Crippen molar-refractivity contribution in [1.29, 1.82) is 5.26 Å². The van der Waals surface area contributed by atoms with Crippen LogP contribution in [0.1, 0.15) is 11.3 Å². The number of nitrogens with zero attached hydrogens (tertiary/aromatic N) is 3. The highest BCUT2D eigenvalue weighted by Crippen LogP contribution is 1.90. The Morgan fingerprint density at radius 2 is 2.36 bits per heavy atom. The molecule has 0 amide bonds. The second-order valence-corrected chi connectivity index (χ2v) is 2.24. The predicted molar refractivity (Wildman–Crippen MR) is 38.9 cm³/mol. The minimum Gasteiger partial charge on any atom is -0.266 e. The second-order valence-electron chi connectivity index (χ2n) is 2.24. The highest BCUT2D eigenvalue weighted by atomic mass is 16.1. The molecule has 0 bridgehead atoms. The van der Waals surface area contributed by atoms with Crippen LogP contribution in [0.3, 0.4) is 0 Å². The highest BCUT2D eigenvalue weighted by molar-refractivity contribution is 5.26. The van der Waals surface area contributed by atoms with Gasteiger partial charge in [-0.1, -0.05) is 0 Å². The minimum atomic E-state index is -0.349. The number of hydrogen-bond donors (Lipinski definition) is 0. The Morgan fingerprint density at radius 1 is 1.73 bits per heavy atom. The van der Waals surface area contributed by atoms with Gasteiger partial charge < -0.3 is 0 Å². The van der Waals surface area contributed by atoms with Gasteiger partial charge in [0, 0.05) is 7.05 Å². The molecule has 1 aromatic heterocycles. The van der Waals surface area contributed by atoms with Crippen LogP contribution in [0.25, 0.3) is 0 Å². The summed E-state index contributed by atoms with van der Waals surface area (Å²) in [4.78, 5) is 11.0. The molecule has 0 aliphatic carbocycles. The summed E-state index contributed by atoms with van der Waals surface area (Å²) in [5.74, 6) is 0. The van der Waals surface area contributed by atoms with Crippen molar-refractivity contribution in [1.82, 2.24) is 9.78 Å². The highest BCUT2D eigenvalue weighted by Gasteiger charge is 2.00. The van der Waals surface area contributed by atoms with Crippen LogP contribution >= 0.6 is 0 Å². The van der Waals surface area contributed by atoms with E-state index < -0.39 is 0 Å². The number of hydrogen-bond acceptors (Lipinski definition) is 3. The molecule has 1 rings (SSSR count). The average molecular weight is 149 g/mol. The van der Waals surface area contributed by atoms with E-state index in [0.717, 1.165) is 4.68 Å². The minimum absolute atomic E-state index is 0.139. The molecule has 4 heteroatoms. The molecule has 56 valence electrons. The van der Waals surface area contributed by atoms with Crippen molar-refractivity contribution in [3.63, 3.8) is 0 Å². The summed E-state index contributed by atoms with van der Waals surface area (Å²) < 4.78 is 1.16. The van der Waals surface area contributed by atoms with Crippen LogP contribution in [0, 0.1) is 18.3 Å². The van der Waals surface area contributed by atoms with Crippen LogP contribution in [-0.2, 0) is 7.05 Å². The maximum Gasteiger partial charge on any atom is 0.284 e. The molecule has 0 aliphatic heterocycles. The first-order chi connectivity index (χ1) is 5.15. The first-order valence-electron chi connectivity index (χ1n) is 3.10. The van der Waals surface area contributed by atoms with Gasteiger partial charge in [-0.3, -0.25) is 4.79 Å². The maximum absolute atomic E-state index is 11.0. The Bertz CT molecular complexity index is 372. The lowest BCUT2D eigenvalue weighted by atomic mass is 10.3. The predicted octanol–water partition coefficient (Wildman–Crippen LogP) is -0.0396. The molecule has 0 spiro atoms. The molecule has 0 atom stereocenters. The summed E-state index contributed by atoms with van der Waals surface area (Å²) in [5.41, 5.74) is 0.460. The second kappa shape index (κ2) is 2.54. The van der Waals surface area contributed by atoms with Crippen LogP contribution in [0.2, 0.25) is 0 Å². The smallest absolute Gasteiger partial charge is 0.266 e. The Balaban J connectivity index is 3.52. The molecular weight excluding hydrogens is 142 g/mol. The van der Waals surface area contributed by atoms with Crippen LogP contribution < -0.4 is 5.56 Å². The molecule has 0 N–H and O–H groups in total. The topological polar surface area (TPSA) is 58.7 Å². The van der Waals surface area contributed by atoms with Crippen molar-refractivity contribution in [3.8, 4) is 6.07 Å². The van der Waals surface area contributed by atoms with Gasteiger partial charge in [0.25, 0.3) is 5.56 Å². The summed E-state index contributed by atoms with van der Waals surface area (Å²) in [5, 5.41) is 12.3. The maximum atomic E-state index is 11.0. The fourth-order valence-electron chi connectivity index (χ4n) is 0.836. The van der Waals surface area contributed by atoms with E-state index in [1.807, 2.05) is 0 Å². The molecule has 11 heavy (non-hydrogen) atoms. The van der Waals surface area contributed by atoms with Crippen molar-refractivity contribution in [2.45, 2.75) is 6.92 Å². The number of aryl methyl sites for hydroxylation is 2. The van der Waals surface area contributed by atoms with Gasteiger partial charge in [0.15, 0.2) is 0 Å². The third-order valence-electron chi connectivity index (χ3n) is 1.31. The summed E-state index contributed by atoms with van der Waals surface area (Å²) in [6.45, 7) is 1.74. The van der Waals surface area contributed by atoms with Crippen LogP contribution in [0.15, 0.2) is 10.9 Å². The monoisotopic (exact) mass is 149 g/mol. The molecule has 0 saturated carbocycles. The standard InChI is InChI=1S/C7H7N3O/c1-5-3-6(4-8)7(11)10(2)9-5/h3H,1-2H3. The fraction of sp³-hybridized carbons (Fsp3) is 0.286. The Kier molecular flexibility index (Phi) is 1.73. The summed E-state index contributed by atoms with van der Waals surface area (Å²) in [6.07, 6.45) is 0. The van der Waals surface area contributed by atoms with Crippen LogP contribution in [-0.4, -0.2) is 9.78 Å². The van der Waals surface area contributed by atoms with E-state index in [4.69, 9.17) is 5.26 Å². The lowest BCUT2D eigenvalue weighted by Gasteiger charge is -1.96. The molecule has 0 radical (unpaired) electrons. The van der Waals surface area contributed by atoms with E-state index in [2.05, 4.69) is 5.10 Å². The first kappa shape index (κ1) is 7.48. The third-order valence-corrected chi connectivity index (χ3v) is 1.31. The quantitative estimate of drug-likeness (QED) is 0.520. The molecule has 4 nitrogen and oxygen atoms in total. The lowest BCUT2D eigenvalue weighted by molar-refractivity contribution is 0.690. The van der Waals surface area contributed by atoms with Crippen molar-refractivity contribution in [2.75, 3.05) is 0 Å². The zero-order chi connectivity index (χ0) is 8.43. The van der Waals surface area contributed by atoms with Crippen molar-refractivity contribution in [2.24, 2.45) is 7.05 Å². The molecular formula is C7H7N3O. The summed E-state index contributed by atoms with van der Waals surface area (Å²) in [7, 11) is 1.52. The number of aromatic nitrogens is 2. The Hall–Kier alpha value is -1.63. The zero-order valence-corrected chi connectivity index (χ0v) is 6.33. The molecule has 0 aromatic carbocycles. The Morgan fingerprint density at radius 3 is 2.91 bits per heavy atom. The van der Waals surface area contributed by atoms with E-state index in [1.165, 1.54) is 13.1 Å². The van der Waals surface area contributed by atoms with Crippen molar-refractivity contribution < 1.29 is 0 Å². The van der Waals surface area contributed by atoms with Gasteiger partial charge in [0.05, 0.1) is 5.69 Å². The van der Waals surface area contributed by atoms with Gasteiger partial charge in [-0.25, -0.2) is 4.68 Å². The summed E-state index contributed by atoms with van der Waals surface area (Å²) >= 11 is 0. The molecule has 0 aliphatic rings. The molecule has 0 unspecified atom stereocenters. The SMILES string of the molecule is Cc1cc(C#N)c(=O)n(C)n1. The van der Waals surface area contributed by atoms with Gasteiger partial charge in [0.1, 0.15) is 11.6 Å². The van der Waals surface area contributed by atoms with Crippen LogP contribution in [0.5, 0.6) is 0 Å². The van der Waals surface area contributed by atoms with Gasteiger partial charge in [-0.2, -0.15) is 10.4 Å². The summed E-state index contributed by atoms with van der Waals surface area (Å²) in [6, 6.07) is 3.28. The van der Waals surface area contributed by atoms with E-state index in [-0.39, 0.29) is 11.1 Å². The molecule has 0 fully saturated rings. The van der Waals surface area contributed by atoms with E-state index in [0.29, 0.717) is 5.69 Å². The zero-order valence-electron chi connectivity index (χ0n) is 6.33. The van der Waals surface area contributed by atoms with E-state index in [1.54, 1.807) is 13.0 Å². The average Bonchev–Trinajstić information content (AvgIpc) is 1.96. The van der Waals surface area contributed by atoms with Gasteiger partial charge in [-0.15, -0.1) is 0 Å². The molecule has 1 heterocycles. The normalized spacial score (nSPS) is 9.18. The largest absolute Gasteiger partial charge is 0.284 e. The van der Waals surface area contributed by atoms with Gasteiger partial charge >= 0.3 is 0 Å². The van der Waals surface area contributed by atoms with Crippen LogP contribution in [0.4, 0.5) is 0 Å². The van der Waals surface area contributed by atoms with E-state index >= 15 is 0 Å². The molecule has 0 saturated heterocycles. The Labute approximate surface area is 63.7 Å². The van der Waals surface area contributed by atoms with Crippen molar-refractivity contribution >= 4 is 0 Å². The van der Waals surface area contributed by atoms with Crippen molar-refractivity contribution in [3.05, 3.63) is 27.7 Å². The molecule has 1 aromatic rings. The fourth-order valence-corrected chi connectivity index (χ4v) is 0.836. The third kappa shape index (κ3) is 1.27. The van der Waals surface area contributed by atoms with E-state index in [9.17, 15) is 4.79 Å². The lowest BCUT2D eigenvalue weighted by Crippen LogP contribution is -2.22. The van der Waals surface area contributed by atoms with Gasteiger partial charge in [0.2, 0.25) is 0 Å².